The van der Waals surface area contributed by atoms with Crippen molar-refractivity contribution in [1.82, 2.24) is 0 Å². The second-order valence-corrected chi connectivity index (χ2v) is 6.43. The highest BCUT2D eigenvalue weighted by Gasteiger charge is 2.15. The van der Waals surface area contributed by atoms with Crippen molar-refractivity contribution in [3.63, 3.8) is 0 Å². The summed E-state index contributed by atoms with van der Waals surface area (Å²) in [5.74, 6) is -0.171. The molecule has 5 nitrogen and oxygen atoms in total. The summed E-state index contributed by atoms with van der Waals surface area (Å²) in [6.45, 7) is 6.25. The van der Waals surface area contributed by atoms with Crippen LogP contribution in [-0.2, 0) is 4.74 Å². The Morgan fingerprint density at radius 3 is 2.22 bits per heavy atom. The molecule has 0 saturated carbocycles. The third kappa shape index (κ3) is 6.44. The minimum Gasteiger partial charge on any atom is -0.487 e. The van der Waals surface area contributed by atoms with Gasteiger partial charge in [-0.2, -0.15) is 0 Å². The molecule has 5 heteroatoms. The maximum Gasteiger partial charge on any atom is 0.343 e. The maximum atomic E-state index is 12.5. The van der Waals surface area contributed by atoms with Crippen LogP contribution in [0.5, 0.6) is 11.5 Å². The molecule has 144 valence electrons. The SMILES string of the molecule is CCCCCOC(=O)c1cccc(C(=O)Oc2ccccc2OC(C)C)c1. The van der Waals surface area contributed by atoms with E-state index >= 15 is 0 Å². The van der Waals surface area contributed by atoms with Gasteiger partial charge in [0.15, 0.2) is 11.5 Å². The monoisotopic (exact) mass is 370 g/mol. The van der Waals surface area contributed by atoms with Gasteiger partial charge in [-0.25, -0.2) is 9.59 Å². The molecule has 0 radical (unpaired) electrons. The van der Waals surface area contributed by atoms with Crippen molar-refractivity contribution < 1.29 is 23.8 Å². The lowest BCUT2D eigenvalue weighted by Crippen LogP contribution is -2.13. The molecular formula is C22H26O5. The van der Waals surface area contributed by atoms with E-state index in [0.717, 1.165) is 19.3 Å². The Morgan fingerprint density at radius 2 is 1.56 bits per heavy atom. The lowest BCUT2D eigenvalue weighted by molar-refractivity contribution is 0.0498. The Hall–Kier alpha value is -2.82. The summed E-state index contributed by atoms with van der Waals surface area (Å²) < 4.78 is 16.4. The predicted octanol–water partition coefficient (Wildman–Crippen LogP) is 5.04. The standard InChI is InChI=1S/C22H26O5/c1-4-5-8-14-25-21(23)17-10-9-11-18(15-17)22(24)27-20-13-7-6-12-19(20)26-16(2)3/h6-7,9-13,15-16H,4-5,8,14H2,1-3H3. The van der Waals surface area contributed by atoms with Gasteiger partial charge >= 0.3 is 11.9 Å². The first-order valence-electron chi connectivity index (χ1n) is 9.26. The molecule has 0 bridgehead atoms. The maximum absolute atomic E-state index is 12.5. The van der Waals surface area contributed by atoms with Crippen LogP contribution in [-0.4, -0.2) is 24.6 Å². The zero-order chi connectivity index (χ0) is 19.6. The molecule has 0 fully saturated rings. The second kappa shape index (κ2) is 10.4. The molecule has 2 aromatic rings. The molecule has 0 aliphatic carbocycles. The Balaban J connectivity index is 2.06. The molecule has 2 aromatic carbocycles. The first kappa shape index (κ1) is 20.5. The number of rotatable bonds is 9. The number of para-hydroxylation sites is 2. The van der Waals surface area contributed by atoms with E-state index < -0.39 is 11.9 Å². The van der Waals surface area contributed by atoms with Crippen LogP contribution >= 0.6 is 0 Å². The van der Waals surface area contributed by atoms with Crippen LogP contribution < -0.4 is 9.47 Å². The van der Waals surface area contributed by atoms with Crippen molar-refractivity contribution in [2.45, 2.75) is 46.1 Å². The topological polar surface area (TPSA) is 61.8 Å². The predicted molar refractivity (Wildman–Crippen MR) is 103 cm³/mol. The lowest BCUT2D eigenvalue weighted by atomic mass is 10.1. The van der Waals surface area contributed by atoms with Gasteiger partial charge in [0.2, 0.25) is 0 Å². The highest BCUT2D eigenvalue weighted by atomic mass is 16.6. The van der Waals surface area contributed by atoms with Gasteiger partial charge in [0.1, 0.15) is 0 Å². The molecule has 0 aromatic heterocycles. The average Bonchev–Trinajstić information content (AvgIpc) is 2.66. The van der Waals surface area contributed by atoms with E-state index in [1.54, 1.807) is 36.4 Å². The molecule has 0 atom stereocenters. The molecule has 0 aliphatic heterocycles. The van der Waals surface area contributed by atoms with Gasteiger partial charge in [-0.3, -0.25) is 0 Å². The Labute approximate surface area is 160 Å². The van der Waals surface area contributed by atoms with Crippen LogP contribution in [0, 0.1) is 0 Å². The summed E-state index contributed by atoms with van der Waals surface area (Å²) in [5, 5.41) is 0. The van der Waals surface area contributed by atoms with E-state index in [4.69, 9.17) is 14.2 Å². The number of benzene rings is 2. The minimum atomic E-state index is -0.560. The average molecular weight is 370 g/mol. The van der Waals surface area contributed by atoms with Crippen molar-refractivity contribution in [2.75, 3.05) is 6.61 Å². The smallest absolute Gasteiger partial charge is 0.343 e. The van der Waals surface area contributed by atoms with E-state index in [9.17, 15) is 9.59 Å². The second-order valence-electron chi connectivity index (χ2n) is 6.43. The quantitative estimate of drug-likeness (QED) is 0.351. The summed E-state index contributed by atoms with van der Waals surface area (Å²) >= 11 is 0. The fourth-order valence-electron chi connectivity index (χ4n) is 2.42. The summed E-state index contributed by atoms with van der Waals surface area (Å²) in [6, 6.07) is 13.3. The summed E-state index contributed by atoms with van der Waals surface area (Å²) in [6.07, 6.45) is 2.85. The molecule has 2 rings (SSSR count). The number of hydrogen-bond donors (Lipinski definition) is 0. The molecule has 0 spiro atoms. The lowest BCUT2D eigenvalue weighted by Gasteiger charge is -2.14. The number of unbranched alkanes of at least 4 members (excludes halogenated alkanes) is 2. The van der Waals surface area contributed by atoms with Crippen LogP contribution in [0.4, 0.5) is 0 Å². The third-order valence-electron chi connectivity index (χ3n) is 3.73. The Bertz CT molecular complexity index is 767. The van der Waals surface area contributed by atoms with Gasteiger partial charge in [0, 0.05) is 0 Å². The summed E-state index contributed by atoms with van der Waals surface area (Å²) in [5.41, 5.74) is 0.602. The molecule has 0 heterocycles. The van der Waals surface area contributed by atoms with E-state index in [1.807, 2.05) is 19.9 Å². The number of ether oxygens (including phenoxy) is 3. The molecule has 27 heavy (non-hydrogen) atoms. The Kier molecular flexibility index (Phi) is 7.86. The summed E-state index contributed by atoms with van der Waals surface area (Å²) in [4.78, 5) is 24.6. The van der Waals surface area contributed by atoms with Gasteiger partial charge in [-0.1, -0.05) is 38.0 Å². The van der Waals surface area contributed by atoms with Crippen LogP contribution in [0.1, 0.15) is 60.7 Å². The van der Waals surface area contributed by atoms with Crippen LogP contribution in [0.2, 0.25) is 0 Å². The minimum absolute atomic E-state index is 0.0457. The van der Waals surface area contributed by atoms with Crippen LogP contribution in [0.15, 0.2) is 48.5 Å². The highest BCUT2D eigenvalue weighted by Crippen LogP contribution is 2.28. The normalized spacial score (nSPS) is 10.5. The van der Waals surface area contributed by atoms with Crippen LogP contribution in [0.25, 0.3) is 0 Å². The van der Waals surface area contributed by atoms with E-state index in [-0.39, 0.29) is 11.7 Å². The molecule has 0 amide bonds. The number of hydrogen-bond acceptors (Lipinski definition) is 5. The zero-order valence-electron chi connectivity index (χ0n) is 16.1. The van der Waals surface area contributed by atoms with Gasteiger partial charge in [-0.15, -0.1) is 0 Å². The number of carbonyl (C=O) groups excluding carboxylic acids is 2. The first-order valence-corrected chi connectivity index (χ1v) is 9.26. The van der Waals surface area contributed by atoms with E-state index in [1.165, 1.54) is 6.07 Å². The summed E-state index contributed by atoms with van der Waals surface area (Å²) in [7, 11) is 0. The molecule has 0 unspecified atom stereocenters. The zero-order valence-corrected chi connectivity index (χ0v) is 16.1. The van der Waals surface area contributed by atoms with Crippen molar-refractivity contribution >= 4 is 11.9 Å². The molecular weight excluding hydrogens is 344 g/mol. The number of esters is 2. The third-order valence-corrected chi connectivity index (χ3v) is 3.73. The highest BCUT2D eigenvalue weighted by molar-refractivity contribution is 5.96. The van der Waals surface area contributed by atoms with Crippen molar-refractivity contribution in [1.29, 1.82) is 0 Å². The fourth-order valence-corrected chi connectivity index (χ4v) is 2.42. The van der Waals surface area contributed by atoms with Gasteiger partial charge in [0.05, 0.1) is 23.8 Å². The van der Waals surface area contributed by atoms with Gasteiger partial charge in [-0.05, 0) is 50.6 Å². The Morgan fingerprint density at radius 1 is 0.889 bits per heavy atom. The van der Waals surface area contributed by atoms with Crippen molar-refractivity contribution in [3.05, 3.63) is 59.7 Å². The fraction of sp³-hybridized carbons (Fsp3) is 0.364. The number of carbonyl (C=O) groups is 2. The molecule has 0 aliphatic rings. The molecule has 0 N–H and O–H groups in total. The first-order chi connectivity index (χ1) is 13.0. The van der Waals surface area contributed by atoms with Gasteiger partial charge < -0.3 is 14.2 Å². The van der Waals surface area contributed by atoms with Crippen LogP contribution in [0.3, 0.4) is 0 Å². The van der Waals surface area contributed by atoms with Crippen molar-refractivity contribution in [3.8, 4) is 11.5 Å². The van der Waals surface area contributed by atoms with E-state index in [0.29, 0.717) is 23.7 Å². The van der Waals surface area contributed by atoms with Crippen molar-refractivity contribution in [2.24, 2.45) is 0 Å². The largest absolute Gasteiger partial charge is 0.487 e. The molecule has 0 saturated heterocycles. The van der Waals surface area contributed by atoms with E-state index in [2.05, 4.69) is 6.92 Å². The van der Waals surface area contributed by atoms with Gasteiger partial charge in [0.25, 0.3) is 0 Å².